The number of anilines is 2. The zero-order valence-electron chi connectivity index (χ0n) is 10.7. The number of carbonyl (C=O) groups is 1. The fourth-order valence-corrected chi connectivity index (χ4v) is 3.01. The van der Waals surface area contributed by atoms with Crippen molar-refractivity contribution in [3.63, 3.8) is 0 Å². The number of hydrogen-bond donors (Lipinski definition) is 2. The van der Waals surface area contributed by atoms with Crippen molar-refractivity contribution in [2.75, 3.05) is 11.6 Å². The van der Waals surface area contributed by atoms with Crippen molar-refractivity contribution in [3.8, 4) is 0 Å². The largest absolute Gasteiger partial charge is 0.477 e. The van der Waals surface area contributed by atoms with Gasteiger partial charge in [-0.2, -0.15) is 0 Å². The van der Waals surface area contributed by atoms with Crippen LogP contribution in [0.5, 0.6) is 0 Å². The van der Waals surface area contributed by atoms with E-state index in [0.29, 0.717) is 16.5 Å². The summed E-state index contributed by atoms with van der Waals surface area (Å²) in [6, 6.07) is 6.17. The lowest BCUT2D eigenvalue weighted by molar-refractivity contribution is 0.0701. The maximum atomic E-state index is 11.3. The van der Waals surface area contributed by atoms with Crippen LogP contribution in [-0.2, 0) is 9.84 Å². The van der Waals surface area contributed by atoms with E-state index >= 15 is 0 Å². The van der Waals surface area contributed by atoms with Crippen molar-refractivity contribution in [2.24, 2.45) is 0 Å². The second-order valence-corrected chi connectivity index (χ2v) is 7.18. The van der Waals surface area contributed by atoms with Crippen LogP contribution in [0, 0.1) is 6.92 Å². The summed E-state index contributed by atoms with van der Waals surface area (Å²) in [5.74, 6) is -1.01. The number of sulfone groups is 1. The number of thiazole rings is 1. The number of aromatic carboxylic acids is 1. The van der Waals surface area contributed by atoms with E-state index in [0.717, 1.165) is 17.6 Å². The Kier molecular flexibility index (Phi) is 3.78. The summed E-state index contributed by atoms with van der Waals surface area (Å²) in [6.07, 6.45) is 1.14. The van der Waals surface area contributed by atoms with Gasteiger partial charge in [0, 0.05) is 11.9 Å². The molecule has 0 fully saturated rings. The Morgan fingerprint density at radius 2 is 1.90 bits per heavy atom. The molecule has 1 aromatic carbocycles. The number of aryl methyl sites for hydroxylation is 1. The number of hydrogen-bond acceptors (Lipinski definition) is 6. The highest BCUT2D eigenvalue weighted by Crippen LogP contribution is 2.26. The van der Waals surface area contributed by atoms with Gasteiger partial charge in [0.05, 0.1) is 10.6 Å². The number of nitrogens with one attached hydrogen (secondary N) is 1. The molecule has 2 aromatic rings. The lowest BCUT2D eigenvalue weighted by Gasteiger charge is -2.03. The Bertz CT molecular complexity index is 748. The van der Waals surface area contributed by atoms with Gasteiger partial charge < -0.3 is 10.4 Å². The maximum Gasteiger partial charge on any atom is 0.347 e. The van der Waals surface area contributed by atoms with E-state index in [9.17, 15) is 13.2 Å². The molecule has 0 aliphatic heterocycles. The van der Waals surface area contributed by atoms with Crippen molar-refractivity contribution >= 4 is 38.0 Å². The van der Waals surface area contributed by atoms with Crippen LogP contribution in [0.1, 0.15) is 15.4 Å². The van der Waals surface area contributed by atoms with Crippen LogP contribution >= 0.6 is 11.3 Å². The molecule has 0 radical (unpaired) electrons. The molecule has 6 nitrogen and oxygen atoms in total. The van der Waals surface area contributed by atoms with Crippen LogP contribution < -0.4 is 5.32 Å². The van der Waals surface area contributed by atoms with Crippen LogP contribution in [0.15, 0.2) is 29.2 Å². The molecule has 20 heavy (non-hydrogen) atoms. The van der Waals surface area contributed by atoms with E-state index in [4.69, 9.17) is 5.11 Å². The van der Waals surface area contributed by atoms with Crippen molar-refractivity contribution in [1.82, 2.24) is 4.98 Å². The number of benzene rings is 1. The second-order valence-electron chi connectivity index (χ2n) is 4.16. The molecule has 0 saturated heterocycles. The Morgan fingerprint density at radius 1 is 1.30 bits per heavy atom. The molecule has 106 valence electrons. The number of carboxylic acid groups (broad SMARTS) is 1. The lowest BCUT2D eigenvalue weighted by Crippen LogP contribution is -1.97. The first-order chi connectivity index (χ1) is 9.27. The van der Waals surface area contributed by atoms with E-state index in [1.54, 1.807) is 19.1 Å². The zero-order valence-corrected chi connectivity index (χ0v) is 12.4. The summed E-state index contributed by atoms with van der Waals surface area (Å²) in [6.45, 7) is 1.62. The molecule has 0 bridgehead atoms. The summed E-state index contributed by atoms with van der Waals surface area (Å²) in [7, 11) is -3.22. The van der Waals surface area contributed by atoms with E-state index in [1.807, 2.05) is 0 Å². The first kappa shape index (κ1) is 14.5. The standard InChI is InChI=1S/C12H12N2O4S2/c1-7-10(11(15)16)19-12(13-7)14-8-3-5-9(6-4-8)20(2,17)18/h3-6H,1-2H3,(H,13,14)(H,15,16). The van der Waals surface area contributed by atoms with Crippen LogP contribution in [0.4, 0.5) is 10.8 Å². The first-order valence-corrected chi connectivity index (χ1v) is 8.26. The third kappa shape index (κ3) is 3.14. The monoisotopic (exact) mass is 312 g/mol. The molecule has 0 spiro atoms. The third-order valence-electron chi connectivity index (χ3n) is 2.52. The summed E-state index contributed by atoms with van der Waals surface area (Å²) >= 11 is 1.03. The minimum atomic E-state index is -3.22. The average Bonchev–Trinajstić information content (AvgIpc) is 2.70. The summed E-state index contributed by atoms with van der Waals surface area (Å²) in [5, 5.41) is 12.3. The van der Waals surface area contributed by atoms with Crippen LogP contribution in [0.2, 0.25) is 0 Å². The Morgan fingerprint density at radius 3 is 2.35 bits per heavy atom. The molecule has 2 rings (SSSR count). The highest BCUT2D eigenvalue weighted by atomic mass is 32.2. The molecule has 0 aliphatic carbocycles. The second kappa shape index (κ2) is 5.22. The Labute approximate surface area is 120 Å². The number of rotatable bonds is 4. The predicted octanol–water partition coefficient (Wildman–Crippen LogP) is 2.30. The summed E-state index contributed by atoms with van der Waals surface area (Å²) in [5.41, 5.74) is 1.08. The van der Waals surface area contributed by atoms with Crippen molar-refractivity contribution in [3.05, 3.63) is 34.8 Å². The molecule has 0 aliphatic rings. The van der Waals surface area contributed by atoms with Gasteiger partial charge in [0.2, 0.25) is 0 Å². The van der Waals surface area contributed by atoms with E-state index in [-0.39, 0.29) is 9.77 Å². The average molecular weight is 312 g/mol. The van der Waals surface area contributed by atoms with Crippen LogP contribution in [0.25, 0.3) is 0 Å². The maximum absolute atomic E-state index is 11.3. The van der Waals surface area contributed by atoms with Crippen molar-refractivity contribution in [1.29, 1.82) is 0 Å². The van der Waals surface area contributed by atoms with E-state index < -0.39 is 15.8 Å². The zero-order chi connectivity index (χ0) is 14.9. The molecule has 1 aromatic heterocycles. The molecule has 0 amide bonds. The van der Waals surface area contributed by atoms with E-state index in [1.165, 1.54) is 12.1 Å². The van der Waals surface area contributed by atoms with Gasteiger partial charge in [0.15, 0.2) is 15.0 Å². The number of nitrogens with zero attached hydrogens (tertiary/aromatic N) is 1. The minimum absolute atomic E-state index is 0.181. The highest BCUT2D eigenvalue weighted by molar-refractivity contribution is 7.90. The normalized spacial score (nSPS) is 11.3. The third-order valence-corrected chi connectivity index (χ3v) is 4.71. The van der Waals surface area contributed by atoms with E-state index in [2.05, 4.69) is 10.3 Å². The Hall–Kier alpha value is -1.93. The highest BCUT2D eigenvalue weighted by Gasteiger charge is 2.14. The fourth-order valence-electron chi connectivity index (χ4n) is 1.56. The van der Waals surface area contributed by atoms with Gasteiger partial charge in [0.1, 0.15) is 4.88 Å². The topological polar surface area (TPSA) is 96.4 Å². The summed E-state index contributed by atoms with van der Waals surface area (Å²) in [4.78, 5) is 15.4. The van der Waals surface area contributed by atoms with Gasteiger partial charge in [-0.3, -0.25) is 0 Å². The predicted molar refractivity (Wildman–Crippen MR) is 76.6 cm³/mol. The van der Waals surface area contributed by atoms with Gasteiger partial charge in [-0.25, -0.2) is 18.2 Å². The van der Waals surface area contributed by atoms with Crippen molar-refractivity contribution in [2.45, 2.75) is 11.8 Å². The smallest absolute Gasteiger partial charge is 0.347 e. The molecule has 0 atom stereocenters. The molecule has 0 saturated carbocycles. The van der Waals surface area contributed by atoms with Gasteiger partial charge in [-0.15, -0.1) is 0 Å². The van der Waals surface area contributed by atoms with Gasteiger partial charge in [-0.05, 0) is 31.2 Å². The number of carboxylic acids is 1. The molecular formula is C12H12N2O4S2. The minimum Gasteiger partial charge on any atom is -0.477 e. The molecule has 8 heteroatoms. The quantitative estimate of drug-likeness (QED) is 0.899. The molecule has 2 N–H and O–H groups in total. The first-order valence-electron chi connectivity index (χ1n) is 5.55. The van der Waals surface area contributed by atoms with Crippen LogP contribution in [-0.4, -0.2) is 30.7 Å². The summed E-state index contributed by atoms with van der Waals surface area (Å²) < 4.78 is 22.7. The van der Waals surface area contributed by atoms with Crippen molar-refractivity contribution < 1.29 is 18.3 Å². The fraction of sp³-hybridized carbons (Fsp3) is 0.167. The molecular weight excluding hydrogens is 300 g/mol. The lowest BCUT2D eigenvalue weighted by atomic mass is 10.3. The van der Waals surface area contributed by atoms with Gasteiger partial charge in [0.25, 0.3) is 0 Å². The SMILES string of the molecule is Cc1nc(Nc2ccc(S(C)(=O)=O)cc2)sc1C(=O)O. The van der Waals surface area contributed by atoms with Gasteiger partial charge >= 0.3 is 5.97 Å². The van der Waals surface area contributed by atoms with Crippen LogP contribution in [0.3, 0.4) is 0 Å². The number of aromatic nitrogens is 1. The molecule has 0 unspecified atom stereocenters. The molecule has 1 heterocycles. The Balaban J connectivity index is 2.22. The van der Waals surface area contributed by atoms with Gasteiger partial charge in [-0.1, -0.05) is 11.3 Å².